The first-order valence-electron chi connectivity index (χ1n) is 6.82. The minimum absolute atomic E-state index is 0.0885. The molecule has 0 spiro atoms. The Labute approximate surface area is 113 Å². The highest BCUT2D eigenvalue weighted by Gasteiger charge is 2.23. The van der Waals surface area contributed by atoms with Gasteiger partial charge in [-0.3, -0.25) is 4.79 Å². The lowest BCUT2D eigenvalue weighted by Gasteiger charge is -2.23. The molecule has 1 aromatic heterocycles. The Balaban J connectivity index is 1.96. The van der Waals surface area contributed by atoms with Crippen LogP contribution in [0, 0.1) is 19.8 Å². The zero-order chi connectivity index (χ0) is 13.1. The van der Waals surface area contributed by atoms with Crippen molar-refractivity contribution in [1.82, 2.24) is 10.3 Å². The molecular formula is C14H22N2OS. The average Bonchev–Trinajstić information content (AvgIpc) is 2.69. The second-order valence-electron chi connectivity index (χ2n) is 5.25. The maximum Gasteiger partial charge on any atom is 0.223 e. The van der Waals surface area contributed by atoms with E-state index in [1.165, 1.54) is 24.1 Å². The Hall–Kier alpha value is -0.900. The zero-order valence-electron chi connectivity index (χ0n) is 11.5. The van der Waals surface area contributed by atoms with Gasteiger partial charge in [-0.05, 0) is 33.6 Å². The SMILES string of the molecule is Cc1nc(C)c(C(C)NC(=O)C2CCCCC2)s1. The fraction of sp³-hybridized carbons (Fsp3) is 0.714. The lowest BCUT2D eigenvalue weighted by atomic mass is 9.88. The summed E-state index contributed by atoms with van der Waals surface area (Å²) in [4.78, 5) is 17.8. The Morgan fingerprint density at radius 2 is 2.00 bits per heavy atom. The lowest BCUT2D eigenvalue weighted by Crippen LogP contribution is -2.33. The third kappa shape index (κ3) is 3.10. The van der Waals surface area contributed by atoms with Gasteiger partial charge in [0, 0.05) is 10.8 Å². The Kier molecular flexibility index (Phi) is 4.38. The molecule has 1 aliphatic rings. The summed E-state index contributed by atoms with van der Waals surface area (Å²) in [7, 11) is 0. The molecule has 18 heavy (non-hydrogen) atoms. The van der Waals surface area contributed by atoms with Crippen molar-refractivity contribution in [3.63, 3.8) is 0 Å². The van der Waals surface area contributed by atoms with Crippen LogP contribution in [0.1, 0.15) is 60.6 Å². The standard InChI is InChI=1S/C14H22N2OS/c1-9-13(18-11(3)15-9)10(2)16-14(17)12-7-5-4-6-8-12/h10,12H,4-8H2,1-3H3,(H,16,17). The number of hydrogen-bond acceptors (Lipinski definition) is 3. The number of hydrogen-bond donors (Lipinski definition) is 1. The molecule has 1 atom stereocenters. The second kappa shape index (κ2) is 5.83. The van der Waals surface area contributed by atoms with E-state index in [9.17, 15) is 4.79 Å². The van der Waals surface area contributed by atoms with Crippen LogP contribution in [0.2, 0.25) is 0 Å². The van der Waals surface area contributed by atoms with Crippen LogP contribution in [0.4, 0.5) is 0 Å². The van der Waals surface area contributed by atoms with Crippen LogP contribution < -0.4 is 5.32 Å². The highest BCUT2D eigenvalue weighted by molar-refractivity contribution is 7.11. The summed E-state index contributed by atoms with van der Waals surface area (Å²) < 4.78 is 0. The molecule has 1 aliphatic carbocycles. The van der Waals surface area contributed by atoms with Crippen molar-refractivity contribution in [2.45, 2.75) is 58.9 Å². The molecule has 0 aliphatic heterocycles. The van der Waals surface area contributed by atoms with E-state index in [0.717, 1.165) is 23.5 Å². The summed E-state index contributed by atoms with van der Waals surface area (Å²) in [5, 5.41) is 4.22. The van der Waals surface area contributed by atoms with Crippen molar-refractivity contribution in [3.8, 4) is 0 Å². The molecule has 3 nitrogen and oxygen atoms in total. The summed E-state index contributed by atoms with van der Waals surface area (Å²) in [5.41, 5.74) is 1.05. The normalized spacial score (nSPS) is 18.6. The van der Waals surface area contributed by atoms with Gasteiger partial charge in [-0.25, -0.2) is 4.98 Å². The summed E-state index contributed by atoms with van der Waals surface area (Å²) in [6.07, 6.45) is 5.79. The predicted molar refractivity (Wildman–Crippen MR) is 74.7 cm³/mol. The van der Waals surface area contributed by atoms with Crippen LogP contribution in [0.15, 0.2) is 0 Å². The van der Waals surface area contributed by atoms with Crippen molar-refractivity contribution >= 4 is 17.2 Å². The Morgan fingerprint density at radius 3 is 2.56 bits per heavy atom. The summed E-state index contributed by atoms with van der Waals surface area (Å²) in [6, 6.07) is 0.0885. The van der Waals surface area contributed by atoms with E-state index >= 15 is 0 Å². The van der Waals surface area contributed by atoms with Crippen LogP contribution in [0.25, 0.3) is 0 Å². The van der Waals surface area contributed by atoms with Gasteiger partial charge in [0.2, 0.25) is 5.91 Å². The van der Waals surface area contributed by atoms with E-state index in [-0.39, 0.29) is 17.9 Å². The molecule has 4 heteroatoms. The minimum atomic E-state index is 0.0885. The zero-order valence-corrected chi connectivity index (χ0v) is 12.3. The van der Waals surface area contributed by atoms with Gasteiger partial charge >= 0.3 is 0 Å². The maximum atomic E-state index is 12.2. The van der Waals surface area contributed by atoms with E-state index in [0.29, 0.717) is 0 Å². The Bertz CT molecular complexity index is 421. The highest BCUT2D eigenvalue weighted by Crippen LogP contribution is 2.27. The quantitative estimate of drug-likeness (QED) is 0.909. The summed E-state index contributed by atoms with van der Waals surface area (Å²) >= 11 is 1.69. The molecule has 0 aromatic carbocycles. The third-order valence-corrected chi connectivity index (χ3v) is 4.92. The van der Waals surface area contributed by atoms with Gasteiger partial charge in [0.25, 0.3) is 0 Å². The molecule has 100 valence electrons. The molecule has 0 saturated heterocycles. The van der Waals surface area contributed by atoms with Crippen LogP contribution >= 0.6 is 11.3 Å². The number of amides is 1. The molecule has 2 rings (SSSR count). The number of carbonyl (C=O) groups excluding carboxylic acids is 1. The van der Waals surface area contributed by atoms with E-state index in [2.05, 4.69) is 17.2 Å². The molecule has 1 saturated carbocycles. The van der Waals surface area contributed by atoms with E-state index in [1.807, 2.05) is 13.8 Å². The smallest absolute Gasteiger partial charge is 0.223 e. The van der Waals surface area contributed by atoms with Gasteiger partial charge in [-0.1, -0.05) is 19.3 Å². The van der Waals surface area contributed by atoms with Crippen molar-refractivity contribution in [3.05, 3.63) is 15.6 Å². The molecule has 1 unspecified atom stereocenters. The van der Waals surface area contributed by atoms with E-state index in [4.69, 9.17) is 0 Å². The minimum Gasteiger partial charge on any atom is -0.348 e. The number of thiazole rings is 1. The van der Waals surface area contributed by atoms with Crippen molar-refractivity contribution in [2.75, 3.05) is 0 Å². The third-order valence-electron chi connectivity index (χ3n) is 3.67. The van der Waals surface area contributed by atoms with Gasteiger partial charge in [0.05, 0.1) is 16.7 Å². The molecule has 1 aromatic rings. The van der Waals surface area contributed by atoms with Gasteiger partial charge in [0.1, 0.15) is 0 Å². The first-order valence-corrected chi connectivity index (χ1v) is 7.64. The van der Waals surface area contributed by atoms with E-state index < -0.39 is 0 Å². The second-order valence-corrected chi connectivity index (χ2v) is 6.48. The van der Waals surface area contributed by atoms with Gasteiger partial charge < -0.3 is 5.32 Å². The average molecular weight is 266 g/mol. The molecule has 1 amide bonds. The molecule has 0 bridgehead atoms. The molecule has 1 N–H and O–H groups in total. The highest BCUT2D eigenvalue weighted by atomic mass is 32.1. The van der Waals surface area contributed by atoms with Gasteiger partial charge in [-0.2, -0.15) is 0 Å². The van der Waals surface area contributed by atoms with Crippen LogP contribution in [0.5, 0.6) is 0 Å². The van der Waals surface area contributed by atoms with Crippen molar-refractivity contribution in [2.24, 2.45) is 5.92 Å². The molecular weight excluding hydrogens is 244 g/mol. The van der Waals surface area contributed by atoms with E-state index in [1.54, 1.807) is 11.3 Å². The summed E-state index contributed by atoms with van der Waals surface area (Å²) in [6.45, 7) is 6.08. The molecule has 1 fully saturated rings. The molecule has 1 heterocycles. The van der Waals surface area contributed by atoms with Crippen LogP contribution in [0.3, 0.4) is 0 Å². The van der Waals surface area contributed by atoms with Crippen molar-refractivity contribution in [1.29, 1.82) is 0 Å². The number of nitrogens with one attached hydrogen (secondary N) is 1. The number of rotatable bonds is 3. The number of aromatic nitrogens is 1. The molecule has 0 radical (unpaired) electrons. The fourth-order valence-corrected chi connectivity index (χ4v) is 3.64. The summed E-state index contributed by atoms with van der Waals surface area (Å²) in [5.74, 6) is 0.461. The van der Waals surface area contributed by atoms with Crippen LogP contribution in [-0.2, 0) is 4.79 Å². The maximum absolute atomic E-state index is 12.2. The van der Waals surface area contributed by atoms with Gasteiger partial charge in [-0.15, -0.1) is 11.3 Å². The Morgan fingerprint density at radius 1 is 1.33 bits per heavy atom. The van der Waals surface area contributed by atoms with Crippen LogP contribution in [-0.4, -0.2) is 10.9 Å². The largest absolute Gasteiger partial charge is 0.348 e. The van der Waals surface area contributed by atoms with Crippen molar-refractivity contribution < 1.29 is 4.79 Å². The topological polar surface area (TPSA) is 42.0 Å². The van der Waals surface area contributed by atoms with Gasteiger partial charge in [0.15, 0.2) is 0 Å². The first kappa shape index (κ1) is 13.5. The monoisotopic (exact) mass is 266 g/mol. The fourth-order valence-electron chi connectivity index (χ4n) is 2.71. The number of carbonyl (C=O) groups is 1. The number of aryl methyl sites for hydroxylation is 2. The number of nitrogens with zero attached hydrogens (tertiary/aromatic N) is 1. The predicted octanol–water partition coefficient (Wildman–Crippen LogP) is 3.52. The lowest BCUT2D eigenvalue weighted by molar-refractivity contribution is -0.126. The first-order chi connectivity index (χ1) is 8.58.